The van der Waals surface area contributed by atoms with Crippen molar-refractivity contribution in [3.8, 4) is 11.1 Å². The maximum Gasteiger partial charge on any atom is 0.246 e. The molecular formula is C21H24N2O5S. The van der Waals surface area contributed by atoms with Gasteiger partial charge in [-0.05, 0) is 53.6 Å². The number of nitrogens with one attached hydrogen (secondary N) is 1. The molecule has 1 saturated heterocycles. The van der Waals surface area contributed by atoms with Gasteiger partial charge in [0.15, 0.2) is 0 Å². The number of sulfonamides is 1. The number of amides is 1. The van der Waals surface area contributed by atoms with E-state index in [1.807, 2.05) is 18.2 Å². The van der Waals surface area contributed by atoms with E-state index >= 15 is 0 Å². The van der Waals surface area contributed by atoms with Gasteiger partial charge in [0.1, 0.15) is 0 Å². The maximum absolute atomic E-state index is 12.8. The second kappa shape index (κ2) is 8.23. The van der Waals surface area contributed by atoms with Crippen molar-refractivity contribution in [1.82, 2.24) is 9.79 Å². The van der Waals surface area contributed by atoms with Gasteiger partial charge in [-0.3, -0.25) is 10.0 Å². The Hall–Kier alpha value is -2.26. The van der Waals surface area contributed by atoms with Crippen LogP contribution in [0.25, 0.3) is 11.1 Å². The molecule has 1 aliphatic heterocycles. The fourth-order valence-electron chi connectivity index (χ4n) is 4.01. The maximum atomic E-state index is 12.8. The molecule has 2 aromatic rings. The summed E-state index contributed by atoms with van der Waals surface area (Å²) in [6.45, 7) is 1.58. The summed E-state index contributed by atoms with van der Waals surface area (Å²) < 4.78 is 32.2. The van der Waals surface area contributed by atoms with Crippen LogP contribution in [0.4, 0.5) is 0 Å². The Bertz CT molecular complexity index is 998. The van der Waals surface area contributed by atoms with E-state index in [4.69, 9.17) is 9.94 Å². The Kier molecular flexibility index (Phi) is 5.69. The third-order valence-electron chi connectivity index (χ3n) is 5.71. The van der Waals surface area contributed by atoms with Gasteiger partial charge in [0, 0.05) is 19.0 Å². The van der Waals surface area contributed by atoms with Gasteiger partial charge in [-0.1, -0.05) is 30.3 Å². The number of fused-ring (bicyclic) bond motifs is 1. The highest BCUT2D eigenvalue weighted by Gasteiger charge is 2.27. The summed E-state index contributed by atoms with van der Waals surface area (Å²) in [5.74, 6) is -0.581. The molecular weight excluding hydrogens is 392 g/mol. The molecule has 8 heteroatoms. The Morgan fingerprint density at radius 1 is 1.03 bits per heavy atom. The summed E-state index contributed by atoms with van der Waals surface area (Å²) in [6, 6.07) is 13.1. The van der Waals surface area contributed by atoms with E-state index in [0.717, 1.165) is 23.1 Å². The lowest BCUT2D eigenvalue weighted by molar-refractivity contribution is -0.133. The van der Waals surface area contributed by atoms with Crippen molar-refractivity contribution in [3.63, 3.8) is 0 Å². The molecule has 7 nitrogen and oxygen atoms in total. The number of hydrogen-bond acceptors (Lipinski definition) is 5. The van der Waals surface area contributed by atoms with Crippen molar-refractivity contribution in [2.75, 3.05) is 26.3 Å². The molecule has 2 aliphatic rings. The van der Waals surface area contributed by atoms with Gasteiger partial charge < -0.3 is 4.74 Å². The topological polar surface area (TPSA) is 95.9 Å². The predicted octanol–water partition coefficient (Wildman–Crippen LogP) is 1.98. The molecule has 0 aromatic heterocycles. The largest absolute Gasteiger partial charge is 0.379 e. The predicted molar refractivity (Wildman–Crippen MR) is 107 cm³/mol. The number of benzene rings is 2. The molecule has 1 atom stereocenters. The Labute approximate surface area is 170 Å². The fourth-order valence-corrected chi connectivity index (χ4v) is 5.42. The lowest BCUT2D eigenvalue weighted by Gasteiger charge is -2.26. The van der Waals surface area contributed by atoms with Gasteiger partial charge in [-0.25, -0.2) is 13.9 Å². The number of hydroxylamine groups is 1. The van der Waals surface area contributed by atoms with Gasteiger partial charge in [0.2, 0.25) is 15.9 Å². The van der Waals surface area contributed by atoms with E-state index in [-0.39, 0.29) is 16.7 Å². The molecule has 0 saturated carbocycles. The van der Waals surface area contributed by atoms with E-state index in [9.17, 15) is 13.2 Å². The van der Waals surface area contributed by atoms with Crippen LogP contribution in [0.3, 0.4) is 0 Å². The number of hydrogen-bond donors (Lipinski definition) is 2. The normalized spacial score (nSPS) is 20.1. The summed E-state index contributed by atoms with van der Waals surface area (Å²) >= 11 is 0. The minimum atomic E-state index is -3.51. The third kappa shape index (κ3) is 4.06. The van der Waals surface area contributed by atoms with Crippen LogP contribution in [-0.4, -0.2) is 50.1 Å². The lowest BCUT2D eigenvalue weighted by Crippen LogP contribution is -2.40. The smallest absolute Gasteiger partial charge is 0.246 e. The third-order valence-corrected chi connectivity index (χ3v) is 7.62. The number of carbonyl (C=O) groups excluding carboxylic acids is 1. The van der Waals surface area contributed by atoms with Crippen molar-refractivity contribution in [2.45, 2.75) is 24.2 Å². The van der Waals surface area contributed by atoms with E-state index in [0.29, 0.717) is 39.1 Å². The first-order chi connectivity index (χ1) is 14.0. The Morgan fingerprint density at radius 3 is 2.41 bits per heavy atom. The number of carbonyl (C=O) groups is 1. The van der Waals surface area contributed by atoms with Gasteiger partial charge >= 0.3 is 0 Å². The molecule has 0 radical (unpaired) electrons. The summed E-state index contributed by atoms with van der Waals surface area (Å²) in [7, 11) is -3.51. The minimum Gasteiger partial charge on any atom is -0.379 e. The van der Waals surface area contributed by atoms with E-state index in [1.54, 1.807) is 17.6 Å². The van der Waals surface area contributed by atoms with Crippen LogP contribution in [0.1, 0.15) is 17.5 Å². The second-order valence-corrected chi connectivity index (χ2v) is 9.38. The van der Waals surface area contributed by atoms with Crippen LogP contribution >= 0.6 is 0 Å². The number of ether oxygens (including phenoxy) is 1. The molecule has 2 aromatic carbocycles. The minimum absolute atomic E-state index is 0.233. The average molecular weight is 416 g/mol. The van der Waals surface area contributed by atoms with E-state index in [2.05, 4.69) is 12.1 Å². The second-order valence-electron chi connectivity index (χ2n) is 7.44. The van der Waals surface area contributed by atoms with Gasteiger partial charge in [0.05, 0.1) is 18.1 Å². The van der Waals surface area contributed by atoms with Crippen molar-refractivity contribution in [3.05, 3.63) is 53.6 Å². The fraction of sp³-hybridized carbons (Fsp3) is 0.381. The van der Waals surface area contributed by atoms with Crippen LogP contribution in [0.5, 0.6) is 0 Å². The van der Waals surface area contributed by atoms with Gasteiger partial charge in [-0.15, -0.1) is 0 Å². The van der Waals surface area contributed by atoms with E-state index < -0.39 is 10.0 Å². The first-order valence-corrected chi connectivity index (χ1v) is 11.2. The van der Waals surface area contributed by atoms with Crippen molar-refractivity contribution in [1.29, 1.82) is 0 Å². The highest BCUT2D eigenvalue weighted by Crippen LogP contribution is 2.31. The van der Waals surface area contributed by atoms with Crippen LogP contribution in [0.15, 0.2) is 47.4 Å². The molecule has 1 unspecified atom stereocenters. The standard InChI is InChI=1S/C21H24N2O5S/c24-21(22-25)18-4-2-16-1-3-17(13-19(16)14-18)15-5-7-20(8-6-15)29(26,27)23-9-11-28-12-10-23/h1,3,5-8,13,18,25H,2,4,9-12,14H2,(H,22,24). The number of nitrogens with zero attached hydrogens (tertiary/aromatic N) is 1. The van der Waals surface area contributed by atoms with Crippen LogP contribution in [-0.2, 0) is 32.4 Å². The molecule has 2 N–H and O–H groups in total. The Morgan fingerprint density at radius 2 is 1.72 bits per heavy atom. The average Bonchev–Trinajstić information content (AvgIpc) is 2.78. The van der Waals surface area contributed by atoms with Gasteiger partial charge in [-0.2, -0.15) is 4.31 Å². The van der Waals surface area contributed by atoms with Crippen molar-refractivity contribution >= 4 is 15.9 Å². The number of aryl methyl sites for hydroxylation is 1. The quantitative estimate of drug-likeness (QED) is 0.587. The summed E-state index contributed by atoms with van der Waals surface area (Å²) in [4.78, 5) is 12.0. The van der Waals surface area contributed by atoms with Crippen LogP contribution in [0.2, 0.25) is 0 Å². The number of rotatable bonds is 4. The SMILES string of the molecule is O=C(NO)C1CCc2ccc(-c3ccc(S(=O)(=O)N4CCOCC4)cc3)cc2C1. The zero-order chi connectivity index (χ0) is 20.4. The van der Waals surface area contributed by atoms with Crippen molar-refractivity contribution < 1.29 is 23.2 Å². The molecule has 1 amide bonds. The lowest BCUT2D eigenvalue weighted by atomic mass is 9.82. The molecule has 154 valence electrons. The van der Waals surface area contributed by atoms with Crippen LogP contribution in [0, 0.1) is 5.92 Å². The molecule has 1 fully saturated rings. The molecule has 29 heavy (non-hydrogen) atoms. The monoisotopic (exact) mass is 416 g/mol. The van der Waals surface area contributed by atoms with Gasteiger partial charge in [0.25, 0.3) is 0 Å². The zero-order valence-corrected chi connectivity index (χ0v) is 16.8. The Balaban J connectivity index is 1.56. The molecule has 1 aliphatic carbocycles. The highest BCUT2D eigenvalue weighted by molar-refractivity contribution is 7.89. The first kappa shape index (κ1) is 20.0. The first-order valence-electron chi connectivity index (χ1n) is 9.73. The molecule has 0 spiro atoms. The van der Waals surface area contributed by atoms with Crippen molar-refractivity contribution in [2.24, 2.45) is 5.92 Å². The summed E-state index contributed by atoms with van der Waals surface area (Å²) in [6.07, 6.45) is 2.09. The molecule has 0 bridgehead atoms. The zero-order valence-electron chi connectivity index (χ0n) is 16.0. The van der Waals surface area contributed by atoms with Crippen LogP contribution < -0.4 is 5.48 Å². The summed E-state index contributed by atoms with van der Waals surface area (Å²) in [5.41, 5.74) is 5.95. The molecule has 4 rings (SSSR count). The van der Waals surface area contributed by atoms with E-state index in [1.165, 1.54) is 9.87 Å². The summed E-state index contributed by atoms with van der Waals surface area (Å²) in [5, 5.41) is 8.89. The molecule has 1 heterocycles. The highest BCUT2D eigenvalue weighted by atomic mass is 32.2. The number of morpholine rings is 1.